The zero-order valence-electron chi connectivity index (χ0n) is 8.01. The van der Waals surface area contributed by atoms with Crippen molar-refractivity contribution in [1.29, 1.82) is 0 Å². The number of hydrogen-bond donors (Lipinski definition) is 1. The predicted molar refractivity (Wildman–Crippen MR) is 44.4 cm³/mol. The molecule has 0 aromatic carbocycles. The van der Waals surface area contributed by atoms with Gasteiger partial charge in [0.15, 0.2) is 6.54 Å². The molecule has 0 aromatic rings. The Morgan fingerprint density at radius 1 is 1.42 bits per heavy atom. The van der Waals surface area contributed by atoms with Crippen molar-refractivity contribution in [3.05, 3.63) is 0 Å². The number of aliphatic carboxylic acids is 1. The maximum atomic E-state index is 10.4. The Morgan fingerprint density at radius 3 is 2.25 bits per heavy atom. The van der Waals surface area contributed by atoms with Gasteiger partial charge in [0.1, 0.15) is 0 Å². The van der Waals surface area contributed by atoms with Crippen molar-refractivity contribution >= 4 is 5.97 Å². The zero-order chi connectivity index (χ0) is 8.91. The van der Waals surface area contributed by atoms with Gasteiger partial charge in [0.25, 0.3) is 0 Å². The van der Waals surface area contributed by atoms with Crippen LogP contribution in [0.1, 0.15) is 19.8 Å². The molecule has 0 rings (SSSR count). The van der Waals surface area contributed by atoms with Crippen molar-refractivity contribution in [2.45, 2.75) is 19.8 Å². The molecule has 0 aliphatic carbocycles. The lowest BCUT2D eigenvalue weighted by atomic mass is 10.3. The van der Waals surface area contributed by atoms with Gasteiger partial charge >= 0.3 is 5.97 Å². The smallest absolute Gasteiger partial charge is 0.359 e. The highest BCUT2D eigenvalue weighted by Gasteiger charge is 2.17. The first-order valence-corrected chi connectivity index (χ1v) is 4.02. The molecule has 74 valence electrons. The van der Waals surface area contributed by atoms with Crippen molar-refractivity contribution in [3.8, 4) is 0 Å². The van der Waals surface area contributed by atoms with E-state index < -0.39 is 5.97 Å². The number of halogens is 1. The quantitative estimate of drug-likeness (QED) is 0.513. The average molecular weight is 196 g/mol. The van der Waals surface area contributed by atoms with Gasteiger partial charge < -0.3 is 22.0 Å². The highest BCUT2D eigenvalue weighted by molar-refractivity contribution is 5.67. The predicted octanol–water partition coefficient (Wildman–Crippen LogP) is -2.05. The number of likely N-dealkylation sites (N-methyl/N-ethyl adjacent to an activating group) is 1. The Kier molecular flexibility index (Phi) is 7.44. The Hall–Kier alpha value is -0.280. The molecule has 3 nitrogen and oxygen atoms in total. The largest absolute Gasteiger partial charge is 1.00 e. The van der Waals surface area contributed by atoms with Gasteiger partial charge in [-0.1, -0.05) is 13.3 Å². The monoisotopic (exact) mass is 195 g/mol. The molecule has 0 amide bonds. The number of nitrogens with zero attached hydrogens (tertiary/aromatic N) is 1. The molecular weight excluding hydrogens is 178 g/mol. The minimum atomic E-state index is -0.717. The van der Waals surface area contributed by atoms with E-state index in [9.17, 15) is 4.79 Å². The second-order valence-electron chi connectivity index (χ2n) is 3.56. The van der Waals surface area contributed by atoms with Crippen LogP contribution < -0.4 is 12.4 Å². The summed E-state index contributed by atoms with van der Waals surface area (Å²) in [4.78, 5) is 10.4. The number of unbranched alkanes of at least 4 members (excludes halogenated alkanes) is 1. The van der Waals surface area contributed by atoms with Gasteiger partial charge in [-0.3, -0.25) is 0 Å². The van der Waals surface area contributed by atoms with Crippen LogP contribution in [0.3, 0.4) is 0 Å². The molecule has 0 heterocycles. The fraction of sp³-hybridized carbons (Fsp3) is 0.875. The second kappa shape index (κ2) is 6.26. The summed E-state index contributed by atoms with van der Waals surface area (Å²) in [6.07, 6.45) is 2.22. The van der Waals surface area contributed by atoms with Crippen molar-refractivity contribution in [3.63, 3.8) is 0 Å². The Labute approximate surface area is 80.4 Å². The first kappa shape index (κ1) is 14.3. The Balaban J connectivity index is 0. The SMILES string of the molecule is CCCC[N+](C)(C)CC(=O)O.[Cl-]. The van der Waals surface area contributed by atoms with E-state index in [1.54, 1.807) is 0 Å². The van der Waals surface area contributed by atoms with E-state index in [1.165, 1.54) is 0 Å². The molecule has 0 bridgehead atoms. The van der Waals surface area contributed by atoms with Gasteiger partial charge in [0.05, 0.1) is 20.6 Å². The van der Waals surface area contributed by atoms with Crippen LogP contribution in [0.4, 0.5) is 0 Å². The lowest BCUT2D eigenvalue weighted by Gasteiger charge is -2.27. The summed E-state index contributed by atoms with van der Waals surface area (Å²) in [6, 6.07) is 0. The molecule has 0 radical (unpaired) electrons. The number of carboxylic acids is 1. The van der Waals surface area contributed by atoms with Crippen molar-refractivity contribution in [2.24, 2.45) is 0 Å². The summed E-state index contributed by atoms with van der Waals surface area (Å²) in [6.45, 7) is 3.28. The molecule has 12 heavy (non-hydrogen) atoms. The fourth-order valence-electron chi connectivity index (χ4n) is 1.03. The minimum absolute atomic E-state index is 0. The Morgan fingerprint density at radius 2 is 1.92 bits per heavy atom. The summed E-state index contributed by atoms with van der Waals surface area (Å²) in [7, 11) is 3.90. The molecule has 0 unspecified atom stereocenters. The van der Waals surface area contributed by atoms with Crippen LogP contribution in [0.25, 0.3) is 0 Å². The molecule has 0 fully saturated rings. The van der Waals surface area contributed by atoms with E-state index in [0.717, 1.165) is 19.4 Å². The van der Waals surface area contributed by atoms with Gasteiger partial charge in [-0.2, -0.15) is 0 Å². The topological polar surface area (TPSA) is 37.3 Å². The van der Waals surface area contributed by atoms with Crippen LogP contribution in [-0.4, -0.2) is 42.7 Å². The molecule has 4 heteroatoms. The number of carbonyl (C=O) groups is 1. The third-order valence-corrected chi connectivity index (χ3v) is 1.68. The van der Waals surface area contributed by atoms with Gasteiger partial charge in [-0.05, 0) is 6.42 Å². The minimum Gasteiger partial charge on any atom is -1.00 e. The van der Waals surface area contributed by atoms with Crippen LogP contribution in [0.5, 0.6) is 0 Å². The molecular formula is C8H18ClNO2. The molecule has 0 aliphatic heterocycles. The van der Waals surface area contributed by atoms with E-state index in [0.29, 0.717) is 4.48 Å². The molecule has 0 saturated carbocycles. The number of hydrogen-bond acceptors (Lipinski definition) is 1. The average Bonchev–Trinajstić information content (AvgIpc) is 1.81. The summed E-state index contributed by atoms with van der Waals surface area (Å²) in [5.74, 6) is -0.717. The van der Waals surface area contributed by atoms with E-state index in [-0.39, 0.29) is 19.0 Å². The normalized spacial score (nSPS) is 10.6. The molecule has 1 N–H and O–H groups in total. The summed E-state index contributed by atoms with van der Waals surface area (Å²) < 4.78 is 0.586. The van der Waals surface area contributed by atoms with Crippen LogP contribution in [-0.2, 0) is 4.79 Å². The maximum Gasteiger partial charge on any atom is 0.359 e. The molecule has 0 atom stereocenters. The number of carboxylic acid groups (broad SMARTS) is 1. The third-order valence-electron chi connectivity index (χ3n) is 1.68. The number of quaternary nitrogens is 1. The lowest BCUT2D eigenvalue weighted by molar-refractivity contribution is -0.883. The van der Waals surface area contributed by atoms with Crippen LogP contribution in [0, 0.1) is 0 Å². The molecule has 0 spiro atoms. The second-order valence-corrected chi connectivity index (χ2v) is 3.56. The van der Waals surface area contributed by atoms with Crippen LogP contribution in [0.15, 0.2) is 0 Å². The highest BCUT2D eigenvalue weighted by Crippen LogP contribution is 2.00. The van der Waals surface area contributed by atoms with Crippen LogP contribution in [0.2, 0.25) is 0 Å². The highest BCUT2D eigenvalue weighted by atomic mass is 35.5. The summed E-state index contributed by atoms with van der Waals surface area (Å²) in [5.41, 5.74) is 0. The number of rotatable bonds is 5. The fourth-order valence-corrected chi connectivity index (χ4v) is 1.03. The van der Waals surface area contributed by atoms with E-state index >= 15 is 0 Å². The summed E-state index contributed by atoms with van der Waals surface area (Å²) >= 11 is 0. The standard InChI is InChI=1S/C8H17NO2.ClH/c1-4-5-6-9(2,3)7-8(10)11;/h4-7H2,1-3H3;1H. The van der Waals surface area contributed by atoms with E-state index in [1.807, 2.05) is 14.1 Å². The van der Waals surface area contributed by atoms with Gasteiger partial charge in [-0.15, -0.1) is 0 Å². The van der Waals surface area contributed by atoms with Crippen LogP contribution >= 0.6 is 0 Å². The van der Waals surface area contributed by atoms with Gasteiger partial charge in [0, 0.05) is 0 Å². The molecule has 0 aromatic heterocycles. The molecule has 0 saturated heterocycles. The summed E-state index contributed by atoms with van der Waals surface area (Å²) in [5, 5.41) is 8.53. The molecule has 0 aliphatic rings. The maximum absolute atomic E-state index is 10.4. The van der Waals surface area contributed by atoms with Crippen molar-refractivity contribution < 1.29 is 26.8 Å². The van der Waals surface area contributed by atoms with Gasteiger partial charge in [-0.25, -0.2) is 4.79 Å². The Bertz CT molecular complexity index is 137. The van der Waals surface area contributed by atoms with Crippen molar-refractivity contribution in [2.75, 3.05) is 27.2 Å². The first-order chi connectivity index (χ1) is 4.98. The van der Waals surface area contributed by atoms with Crippen molar-refractivity contribution in [1.82, 2.24) is 0 Å². The lowest BCUT2D eigenvalue weighted by Crippen LogP contribution is -3.00. The third kappa shape index (κ3) is 7.82. The first-order valence-electron chi connectivity index (χ1n) is 4.02. The van der Waals surface area contributed by atoms with E-state index in [4.69, 9.17) is 5.11 Å². The van der Waals surface area contributed by atoms with E-state index in [2.05, 4.69) is 6.92 Å². The zero-order valence-corrected chi connectivity index (χ0v) is 8.76. The van der Waals surface area contributed by atoms with Gasteiger partial charge in [0.2, 0.25) is 0 Å².